The molecule has 2 aromatic heterocycles. The van der Waals surface area contributed by atoms with Gasteiger partial charge in [0.2, 0.25) is 5.89 Å². The molecule has 0 aliphatic rings. The number of rotatable bonds is 5. The third-order valence-electron chi connectivity index (χ3n) is 3.90. The fraction of sp³-hybridized carbons (Fsp3) is 0.167. The van der Waals surface area contributed by atoms with Crippen LogP contribution in [0, 0.1) is 5.82 Å². The minimum absolute atomic E-state index is 0.0186. The molecule has 0 saturated heterocycles. The zero-order chi connectivity index (χ0) is 22.8. The summed E-state index contributed by atoms with van der Waals surface area (Å²) in [4.78, 5) is 15.7. The summed E-state index contributed by atoms with van der Waals surface area (Å²) in [5.74, 6) is -3.22. The van der Waals surface area contributed by atoms with E-state index in [-0.39, 0.29) is 17.0 Å². The van der Waals surface area contributed by atoms with Crippen LogP contribution in [0.3, 0.4) is 0 Å². The van der Waals surface area contributed by atoms with Gasteiger partial charge in [-0.2, -0.15) is 27.1 Å². The van der Waals surface area contributed by atoms with Crippen LogP contribution in [0.15, 0.2) is 46.2 Å². The first-order valence-corrected chi connectivity index (χ1v) is 8.32. The van der Waals surface area contributed by atoms with E-state index in [1.807, 2.05) is 0 Å². The molecule has 0 saturated carbocycles. The molecule has 7 nitrogen and oxygen atoms in total. The molecule has 3 aromatic rings. The van der Waals surface area contributed by atoms with Crippen LogP contribution in [0.2, 0.25) is 0 Å². The number of alkyl halides is 5. The van der Waals surface area contributed by atoms with E-state index >= 15 is 0 Å². The van der Waals surface area contributed by atoms with E-state index in [0.29, 0.717) is 11.2 Å². The van der Waals surface area contributed by atoms with Gasteiger partial charge in [0, 0.05) is 30.6 Å². The minimum atomic E-state index is -4.80. The van der Waals surface area contributed by atoms with E-state index in [9.17, 15) is 31.1 Å². The number of nitrogens with zero attached hydrogens (tertiary/aromatic N) is 5. The molecule has 0 fully saturated rings. The monoisotopic (exact) mass is 443 g/mol. The van der Waals surface area contributed by atoms with Crippen molar-refractivity contribution in [2.75, 3.05) is 7.05 Å². The minimum Gasteiger partial charge on any atom is -0.415 e. The molecule has 0 unspecified atom stereocenters. The molecule has 0 atom stereocenters. The smallest absolute Gasteiger partial charge is 0.415 e. The van der Waals surface area contributed by atoms with E-state index in [2.05, 4.69) is 20.3 Å². The highest BCUT2D eigenvalue weighted by molar-refractivity contribution is 5.96. The Morgan fingerprint density at radius 2 is 1.97 bits per heavy atom. The van der Waals surface area contributed by atoms with Gasteiger partial charge in [0.15, 0.2) is 0 Å². The number of hydrogen-bond donors (Lipinski definition) is 0. The molecule has 0 aliphatic heterocycles. The highest BCUT2D eigenvalue weighted by Gasteiger charge is 2.36. The maximum Gasteiger partial charge on any atom is 0.418 e. The second-order valence-corrected chi connectivity index (χ2v) is 5.97. The Hall–Kier alpha value is -3.77. The average molecular weight is 443 g/mol. The topological polar surface area (TPSA) is 84.5 Å². The van der Waals surface area contributed by atoms with Crippen LogP contribution < -0.4 is 0 Å². The van der Waals surface area contributed by atoms with E-state index in [1.165, 1.54) is 12.1 Å². The van der Waals surface area contributed by atoms with Crippen molar-refractivity contribution in [3.8, 4) is 11.5 Å². The van der Waals surface area contributed by atoms with Gasteiger partial charge in [-0.3, -0.25) is 9.78 Å². The Labute approximate surface area is 170 Å². The van der Waals surface area contributed by atoms with Gasteiger partial charge in [-0.15, -0.1) is 10.2 Å². The Morgan fingerprint density at radius 1 is 1.23 bits per heavy atom. The maximum atomic E-state index is 14.3. The van der Waals surface area contributed by atoms with Crippen LogP contribution in [0.5, 0.6) is 0 Å². The molecule has 31 heavy (non-hydrogen) atoms. The molecule has 3 rings (SSSR count). The van der Waals surface area contributed by atoms with Crippen molar-refractivity contribution in [3.05, 3.63) is 65.1 Å². The van der Waals surface area contributed by atoms with Crippen LogP contribution in [-0.2, 0) is 6.18 Å². The van der Waals surface area contributed by atoms with Crippen molar-refractivity contribution in [3.63, 3.8) is 0 Å². The molecule has 13 heteroatoms. The van der Waals surface area contributed by atoms with Crippen molar-refractivity contribution in [1.29, 1.82) is 0 Å². The Bertz CT molecular complexity index is 1130. The average Bonchev–Trinajstić information content (AvgIpc) is 3.22. The number of benzene rings is 1. The molecule has 1 aromatic carbocycles. The second kappa shape index (κ2) is 8.53. The summed E-state index contributed by atoms with van der Waals surface area (Å²) in [6.07, 6.45) is -5.34. The van der Waals surface area contributed by atoms with E-state index in [1.54, 1.807) is 0 Å². The van der Waals surface area contributed by atoms with E-state index < -0.39 is 41.3 Å². The Morgan fingerprint density at radius 3 is 2.58 bits per heavy atom. The lowest BCUT2D eigenvalue weighted by molar-refractivity contribution is -0.138. The maximum absolute atomic E-state index is 14.3. The van der Waals surface area contributed by atoms with Crippen LogP contribution in [0.1, 0.15) is 33.8 Å². The lowest BCUT2D eigenvalue weighted by Crippen LogP contribution is -2.25. The van der Waals surface area contributed by atoms with Gasteiger partial charge in [-0.05, 0) is 24.3 Å². The van der Waals surface area contributed by atoms with E-state index in [0.717, 1.165) is 31.6 Å². The first-order chi connectivity index (χ1) is 14.6. The van der Waals surface area contributed by atoms with Crippen LogP contribution >= 0.6 is 0 Å². The third kappa shape index (κ3) is 4.87. The van der Waals surface area contributed by atoms with Gasteiger partial charge in [0.05, 0.1) is 17.3 Å². The number of aromatic nitrogens is 3. The molecule has 0 aliphatic carbocycles. The summed E-state index contributed by atoms with van der Waals surface area (Å²) in [6, 6.07) is 4.27. The predicted molar refractivity (Wildman–Crippen MR) is 93.6 cm³/mol. The molecular formula is C18H11F6N5O2. The summed E-state index contributed by atoms with van der Waals surface area (Å²) in [7, 11) is 1.09. The summed E-state index contributed by atoms with van der Waals surface area (Å²) in [5.41, 5.74) is -2.03. The molecule has 0 N–H and O–H groups in total. The SMILES string of the molecule is CN(/N=C/c1ccc(-c2nnc(C(F)F)o2)cc1F)C(=O)c1ccncc1C(F)(F)F. The van der Waals surface area contributed by atoms with Gasteiger partial charge in [0.25, 0.3) is 11.8 Å². The standard InChI is InChI=1S/C18H11F6N5O2/c1-29(17(30)11-4-5-25-8-12(11)18(22,23)24)26-7-10-3-2-9(6-13(10)19)15-27-28-16(31-15)14(20)21/h2-8,14H,1H3/b26-7+. The summed E-state index contributed by atoms with van der Waals surface area (Å²) in [5, 5.41) is 10.8. The van der Waals surface area contributed by atoms with Gasteiger partial charge in [-0.25, -0.2) is 9.40 Å². The van der Waals surface area contributed by atoms with Crippen molar-refractivity contribution in [2.24, 2.45) is 5.10 Å². The first kappa shape index (κ1) is 21.9. The zero-order valence-electron chi connectivity index (χ0n) is 15.4. The summed E-state index contributed by atoms with van der Waals surface area (Å²) in [6.45, 7) is 0. The molecule has 2 heterocycles. The molecule has 0 spiro atoms. The van der Waals surface area contributed by atoms with Crippen molar-refractivity contribution < 1.29 is 35.6 Å². The lowest BCUT2D eigenvalue weighted by atomic mass is 10.1. The molecule has 162 valence electrons. The number of carbonyl (C=O) groups excluding carboxylic acids is 1. The fourth-order valence-corrected chi connectivity index (χ4v) is 2.39. The third-order valence-corrected chi connectivity index (χ3v) is 3.90. The number of amides is 1. The van der Waals surface area contributed by atoms with Gasteiger partial charge in [0.1, 0.15) is 5.82 Å². The largest absolute Gasteiger partial charge is 0.418 e. The molecule has 0 bridgehead atoms. The Kier molecular flexibility index (Phi) is 6.04. The lowest BCUT2D eigenvalue weighted by Gasteiger charge is -2.15. The summed E-state index contributed by atoms with van der Waals surface area (Å²) < 4.78 is 83.2. The number of hydrogen-bond acceptors (Lipinski definition) is 6. The van der Waals surface area contributed by atoms with Crippen LogP contribution in [0.25, 0.3) is 11.5 Å². The highest BCUT2D eigenvalue weighted by Crippen LogP contribution is 2.31. The number of hydrazone groups is 1. The van der Waals surface area contributed by atoms with Gasteiger partial charge in [-0.1, -0.05) is 0 Å². The normalized spacial score (nSPS) is 12.0. The Balaban J connectivity index is 1.79. The highest BCUT2D eigenvalue weighted by atomic mass is 19.4. The molecular weight excluding hydrogens is 432 g/mol. The summed E-state index contributed by atoms with van der Waals surface area (Å²) >= 11 is 0. The zero-order valence-corrected chi connectivity index (χ0v) is 15.4. The molecule has 1 amide bonds. The molecule has 0 radical (unpaired) electrons. The fourth-order valence-electron chi connectivity index (χ4n) is 2.39. The van der Waals surface area contributed by atoms with Gasteiger partial charge < -0.3 is 4.42 Å². The van der Waals surface area contributed by atoms with Crippen LogP contribution in [0.4, 0.5) is 26.3 Å². The second-order valence-electron chi connectivity index (χ2n) is 5.97. The van der Waals surface area contributed by atoms with Crippen LogP contribution in [-0.4, -0.2) is 39.4 Å². The van der Waals surface area contributed by atoms with Gasteiger partial charge >= 0.3 is 12.6 Å². The number of halogens is 6. The number of pyridine rings is 1. The van der Waals surface area contributed by atoms with Crippen molar-refractivity contribution >= 4 is 12.1 Å². The quantitative estimate of drug-likeness (QED) is 0.333. The predicted octanol–water partition coefficient (Wildman–Crippen LogP) is 4.33. The van der Waals surface area contributed by atoms with Crippen molar-refractivity contribution in [1.82, 2.24) is 20.2 Å². The van der Waals surface area contributed by atoms with E-state index in [4.69, 9.17) is 4.42 Å². The first-order valence-electron chi connectivity index (χ1n) is 8.32. The number of carbonyl (C=O) groups is 1. The van der Waals surface area contributed by atoms with Crippen molar-refractivity contribution in [2.45, 2.75) is 12.6 Å².